The Morgan fingerprint density at radius 1 is 1.07 bits per heavy atom. The number of nitrogens with zero attached hydrogens (tertiary/aromatic N) is 4. The van der Waals surface area contributed by atoms with Crippen LogP contribution >= 0.6 is 0 Å². The molecular formula is C35H40F3N5O3. The summed E-state index contributed by atoms with van der Waals surface area (Å²) in [6, 6.07) is 13.0. The second kappa shape index (κ2) is 13.0. The summed E-state index contributed by atoms with van der Waals surface area (Å²) in [5, 5.41) is 11.6. The van der Waals surface area contributed by atoms with Gasteiger partial charge >= 0.3 is 0 Å². The van der Waals surface area contributed by atoms with Gasteiger partial charge in [-0.1, -0.05) is 20.8 Å². The van der Waals surface area contributed by atoms with Crippen LogP contribution in [0.2, 0.25) is 0 Å². The quantitative estimate of drug-likeness (QED) is 0.275. The van der Waals surface area contributed by atoms with Crippen LogP contribution in [0.1, 0.15) is 67.6 Å². The SMILES string of the molecule is CC(C)c1ccc(-c2ccc(Oc3cc(C(=O)NC4CC5(C4)CN(C(CF)CF)C5)c(F)cc3CN3C[C@@H](C)CC3=O)cc2)nn1. The van der Waals surface area contributed by atoms with E-state index in [4.69, 9.17) is 4.74 Å². The molecule has 2 aliphatic heterocycles. The van der Waals surface area contributed by atoms with Gasteiger partial charge in [-0.15, -0.1) is 0 Å². The summed E-state index contributed by atoms with van der Waals surface area (Å²) in [6.07, 6.45) is 1.79. The van der Waals surface area contributed by atoms with Crippen molar-refractivity contribution in [1.82, 2.24) is 25.3 Å². The van der Waals surface area contributed by atoms with Crippen molar-refractivity contribution >= 4 is 11.8 Å². The first-order valence-corrected chi connectivity index (χ1v) is 16.0. The Morgan fingerprint density at radius 2 is 1.78 bits per heavy atom. The maximum atomic E-state index is 15.5. The summed E-state index contributed by atoms with van der Waals surface area (Å²) in [7, 11) is 0. The summed E-state index contributed by atoms with van der Waals surface area (Å²) in [6.45, 7) is 6.59. The molecule has 2 saturated heterocycles. The molecule has 2 amide bonds. The van der Waals surface area contributed by atoms with Crippen molar-refractivity contribution in [3.8, 4) is 22.8 Å². The molecule has 3 heterocycles. The monoisotopic (exact) mass is 635 g/mol. The lowest BCUT2D eigenvalue weighted by Crippen LogP contribution is -2.68. The fourth-order valence-corrected chi connectivity index (χ4v) is 6.86. The Hall–Kier alpha value is -3.99. The van der Waals surface area contributed by atoms with Gasteiger partial charge in [0.05, 0.1) is 23.0 Å². The second-order valence-corrected chi connectivity index (χ2v) is 13.6. The van der Waals surface area contributed by atoms with E-state index in [1.807, 2.05) is 31.2 Å². The highest BCUT2D eigenvalue weighted by atomic mass is 19.1. The van der Waals surface area contributed by atoms with Crippen molar-refractivity contribution in [3.05, 3.63) is 71.2 Å². The minimum atomic E-state index is -0.720. The Bertz CT molecular complexity index is 1570. The average molecular weight is 636 g/mol. The number of hydrogen-bond acceptors (Lipinski definition) is 6. The summed E-state index contributed by atoms with van der Waals surface area (Å²) < 4.78 is 47.8. The number of alkyl halides is 2. The Morgan fingerprint density at radius 3 is 2.37 bits per heavy atom. The third kappa shape index (κ3) is 6.61. The van der Waals surface area contributed by atoms with Crippen molar-refractivity contribution in [1.29, 1.82) is 0 Å². The maximum Gasteiger partial charge on any atom is 0.254 e. The van der Waals surface area contributed by atoms with Gasteiger partial charge in [-0.25, -0.2) is 13.2 Å². The zero-order chi connectivity index (χ0) is 32.6. The molecule has 3 aromatic rings. The lowest BCUT2D eigenvalue weighted by Gasteiger charge is -2.60. The van der Waals surface area contributed by atoms with Gasteiger partial charge in [0, 0.05) is 49.8 Å². The van der Waals surface area contributed by atoms with Gasteiger partial charge in [-0.05, 0) is 78.6 Å². The first-order chi connectivity index (χ1) is 22.1. The molecule has 3 aliphatic rings. The van der Waals surface area contributed by atoms with Crippen molar-refractivity contribution in [2.45, 2.75) is 64.6 Å². The maximum absolute atomic E-state index is 15.5. The van der Waals surface area contributed by atoms with Crippen LogP contribution in [0, 0.1) is 17.2 Å². The number of benzene rings is 2. The zero-order valence-electron chi connectivity index (χ0n) is 26.4. The van der Waals surface area contributed by atoms with Crippen molar-refractivity contribution in [2.24, 2.45) is 11.3 Å². The molecule has 6 rings (SSSR count). The summed E-state index contributed by atoms with van der Waals surface area (Å²) in [5.74, 6) is -0.0205. The molecule has 0 unspecified atom stereocenters. The second-order valence-electron chi connectivity index (χ2n) is 13.6. The smallest absolute Gasteiger partial charge is 0.254 e. The number of hydrogen-bond donors (Lipinski definition) is 1. The minimum absolute atomic E-state index is 0.00699. The van der Waals surface area contributed by atoms with E-state index >= 15 is 4.39 Å². The number of likely N-dealkylation sites (tertiary alicyclic amines) is 2. The van der Waals surface area contributed by atoms with Crippen LogP contribution in [0.3, 0.4) is 0 Å². The van der Waals surface area contributed by atoms with Gasteiger partial charge < -0.3 is 15.0 Å². The van der Waals surface area contributed by atoms with Gasteiger partial charge in [0.2, 0.25) is 5.91 Å². The van der Waals surface area contributed by atoms with Crippen molar-refractivity contribution in [2.75, 3.05) is 33.0 Å². The largest absolute Gasteiger partial charge is 0.457 e. The normalized spacial score (nSPS) is 19.5. The van der Waals surface area contributed by atoms with Crippen molar-refractivity contribution < 1.29 is 27.5 Å². The number of amides is 2. The summed E-state index contributed by atoms with van der Waals surface area (Å²) in [4.78, 5) is 29.3. The molecule has 3 fully saturated rings. The number of ether oxygens (including phenoxy) is 1. The molecule has 1 aromatic heterocycles. The highest BCUT2D eigenvalue weighted by Gasteiger charge is 2.54. The van der Waals surface area contributed by atoms with E-state index < -0.39 is 31.1 Å². The average Bonchev–Trinajstić information content (AvgIpc) is 3.32. The third-order valence-electron chi connectivity index (χ3n) is 9.46. The van der Waals surface area contributed by atoms with Gasteiger partial charge in [0.15, 0.2) is 0 Å². The first kappa shape index (κ1) is 32.0. The molecule has 11 heteroatoms. The third-order valence-corrected chi connectivity index (χ3v) is 9.46. The van der Waals surface area contributed by atoms with Gasteiger partial charge in [-0.3, -0.25) is 14.5 Å². The van der Waals surface area contributed by atoms with E-state index in [0.29, 0.717) is 50.2 Å². The van der Waals surface area contributed by atoms with Crippen LogP contribution < -0.4 is 10.1 Å². The zero-order valence-corrected chi connectivity index (χ0v) is 26.4. The Labute approximate surface area is 267 Å². The molecular weight excluding hydrogens is 595 g/mol. The summed E-state index contributed by atoms with van der Waals surface area (Å²) >= 11 is 0. The lowest BCUT2D eigenvalue weighted by atomic mass is 9.60. The predicted octanol–water partition coefficient (Wildman–Crippen LogP) is 6.07. The van der Waals surface area contributed by atoms with Crippen LogP contribution in [0.15, 0.2) is 48.5 Å². The highest BCUT2D eigenvalue weighted by Crippen LogP contribution is 2.49. The van der Waals surface area contributed by atoms with E-state index in [9.17, 15) is 18.4 Å². The predicted molar refractivity (Wildman–Crippen MR) is 167 cm³/mol. The fourth-order valence-electron chi connectivity index (χ4n) is 6.86. The number of rotatable bonds is 11. The molecule has 2 aromatic carbocycles. The molecule has 1 N–H and O–H groups in total. The van der Waals surface area contributed by atoms with Crippen molar-refractivity contribution in [3.63, 3.8) is 0 Å². The fraction of sp³-hybridized carbons (Fsp3) is 0.486. The Kier molecular flexibility index (Phi) is 9.05. The topological polar surface area (TPSA) is 87.7 Å². The minimum Gasteiger partial charge on any atom is -0.457 e. The van der Waals surface area contributed by atoms with E-state index in [1.165, 1.54) is 12.1 Å². The molecule has 0 bridgehead atoms. The molecule has 1 saturated carbocycles. The molecule has 1 aliphatic carbocycles. The van der Waals surface area contributed by atoms with Crippen LogP contribution in [0.5, 0.6) is 11.5 Å². The molecule has 244 valence electrons. The molecule has 1 spiro atoms. The lowest BCUT2D eigenvalue weighted by molar-refractivity contribution is -0.128. The van der Waals surface area contributed by atoms with Crippen LogP contribution in [0.25, 0.3) is 11.3 Å². The van der Waals surface area contributed by atoms with E-state index in [-0.39, 0.29) is 47.1 Å². The van der Waals surface area contributed by atoms with Crippen LogP contribution in [0.4, 0.5) is 13.2 Å². The first-order valence-electron chi connectivity index (χ1n) is 16.0. The van der Waals surface area contributed by atoms with Gasteiger partial charge in [0.1, 0.15) is 30.7 Å². The van der Waals surface area contributed by atoms with E-state index in [1.54, 1.807) is 21.9 Å². The molecule has 1 atom stereocenters. The highest BCUT2D eigenvalue weighted by molar-refractivity contribution is 5.95. The molecule has 0 radical (unpaired) electrons. The number of nitrogens with one attached hydrogen (secondary N) is 1. The number of carbonyl (C=O) groups is 2. The number of aromatic nitrogens is 2. The van der Waals surface area contributed by atoms with E-state index in [0.717, 1.165) is 17.0 Å². The van der Waals surface area contributed by atoms with Gasteiger partial charge in [-0.2, -0.15) is 10.2 Å². The van der Waals surface area contributed by atoms with Crippen LogP contribution in [-0.4, -0.2) is 76.9 Å². The van der Waals surface area contributed by atoms with E-state index in [2.05, 4.69) is 29.4 Å². The van der Waals surface area contributed by atoms with Crippen LogP contribution in [-0.2, 0) is 11.3 Å². The molecule has 46 heavy (non-hydrogen) atoms. The molecule has 8 nitrogen and oxygen atoms in total. The number of carbonyl (C=O) groups excluding carboxylic acids is 2. The standard InChI is InChI=1S/C35H40F3N5O3/c1-21(2)30-8-9-31(41-40-30)23-4-6-27(7-5-23)46-32-12-28(29(38)11-24(32)18-42-17-22(3)10-33(42)44)34(45)39-25-13-35(14-25)19-43(20-35)26(15-36)16-37/h4-9,11-12,21-22,25-26H,10,13-20H2,1-3H3,(H,39,45)/t22-/m0/s1. The summed E-state index contributed by atoms with van der Waals surface area (Å²) in [5.41, 5.74) is 2.74. The number of halogens is 3. The van der Waals surface area contributed by atoms with Gasteiger partial charge in [0.25, 0.3) is 5.91 Å². The Balaban J connectivity index is 1.17.